The first-order valence-corrected chi connectivity index (χ1v) is 13.8. The topological polar surface area (TPSA) is 92.3 Å². The molecule has 0 aromatic heterocycles. The minimum Gasteiger partial charge on any atom is -0.491 e. The highest BCUT2D eigenvalue weighted by molar-refractivity contribution is 5.20. The Labute approximate surface area is 229 Å². The number of hydrogen-bond donors (Lipinski definition) is 0. The molecule has 1 rings (SSSR count). The van der Waals surface area contributed by atoms with Crippen LogP contribution in [0.5, 0.6) is 5.75 Å². The summed E-state index contributed by atoms with van der Waals surface area (Å²) in [6.07, 6.45) is 2.25. The Kier molecular flexibility index (Phi) is 27.6. The highest BCUT2D eigenvalue weighted by Crippen LogP contribution is 2.07. The molecule has 0 spiro atoms. The van der Waals surface area contributed by atoms with Crippen LogP contribution in [0.15, 0.2) is 30.3 Å². The number of unbranched alkanes of at least 4 members (excludes halogenated alkanes) is 1. The van der Waals surface area contributed by atoms with Gasteiger partial charge in [-0.2, -0.15) is 0 Å². The van der Waals surface area contributed by atoms with E-state index in [-0.39, 0.29) is 0 Å². The van der Waals surface area contributed by atoms with Crippen LogP contribution in [-0.4, -0.2) is 126 Å². The van der Waals surface area contributed by atoms with Gasteiger partial charge in [-0.25, -0.2) is 0 Å². The van der Waals surface area contributed by atoms with Gasteiger partial charge in [-0.3, -0.25) is 0 Å². The van der Waals surface area contributed by atoms with Crippen LogP contribution >= 0.6 is 0 Å². The van der Waals surface area contributed by atoms with Crippen LogP contribution in [0.4, 0.5) is 0 Å². The third kappa shape index (κ3) is 26.3. The smallest absolute Gasteiger partial charge is 0.119 e. The Bertz CT molecular complexity index is 564. The van der Waals surface area contributed by atoms with Crippen LogP contribution in [0.25, 0.3) is 0 Å². The second-order valence-corrected chi connectivity index (χ2v) is 8.03. The molecule has 10 nitrogen and oxygen atoms in total. The Morgan fingerprint density at radius 1 is 0.368 bits per heavy atom. The number of hydrogen-bond acceptors (Lipinski definition) is 10. The molecule has 10 heteroatoms. The Morgan fingerprint density at radius 3 is 0.974 bits per heavy atom. The fourth-order valence-electron chi connectivity index (χ4n) is 2.84. The van der Waals surface area contributed by atoms with E-state index in [9.17, 15) is 0 Å². The largest absolute Gasteiger partial charge is 0.491 e. The van der Waals surface area contributed by atoms with Crippen molar-refractivity contribution in [2.75, 3.05) is 126 Å². The zero-order valence-corrected chi connectivity index (χ0v) is 23.3. The molecule has 0 saturated carbocycles. The molecule has 1 aromatic rings. The van der Waals surface area contributed by atoms with Crippen LogP contribution < -0.4 is 4.74 Å². The summed E-state index contributed by atoms with van der Waals surface area (Å²) in [5.74, 6) is 0.848. The van der Waals surface area contributed by atoms with Gasteiger partial charge in [-0.15, -0.1) is 0 Å². The van der Waals surface area contributed by atoms with Crippen molar-refractivity contribution in [2.45, 2.75) is 19.8 Å². The van der Waals surface area contributed by atoms with E-state index in [0.29, 0.717) is 119 Å². The zero-order valence-electron chi connectivity index (χ0n) is 23.3. The maximum Gasteiger partial charge on any atom is 0.119 e. The lowest BCUT2D eigenvalue weighted by Gasteiger charge is -2.09. The summed E-state index contributed by atoms with van der Waals surface area (Å²) in [6, 6.07) is 9.68. The highest BCUT2D eigenvalue weighted by Gasteiger charge is 1.96. The van der Waals surface area contributed by atoms with Crippen LogP contribution in [0.2, 0.25) is 0 Å². The molecule has 0 aliphatic rings. The molecule has 0 heterocycles. The molecule has 0 N–H and O–H groups in total. The molecule has 0 fully saturated rings. The van der Waals surface area contributed by atoms with E-state index in [4.69, 9.17) is 47.4 Å². The lowest BCUT2D eigenvalue weighted by molar-refractivity contribution is -0.0254. The minimum atomic E-state index is 0.522. The van der Waals surface area contributed by atoms with Gasteiger partial charge in [0, 0.05) is 6.61 Å². The van der Waals surface area contributed by atoms with Gasteiger partial charge in [0.2, 0.25) is 0 Å². The van der Waals surface area contributed by atoms with Crippen molar-refractivity contribution < 1.29 is 47.4 Å². The first kappa shape index (κ1) is 34.7. The van der Waals surface area contributed by atoms with Crippen LogP contribution in [-0.2, 0) is 42.6 Å². The molecule has 0 bridgehead atoms. The molecule has 0 saturated heterocycles. The summed E-state index contributed by atoms with van der Waals surface area (Å²) in [7, 11) is 0. The Hall–Kier alpha value is -1.34. The van der Waals surface area contributed by atoms with Gasteiger partial charge in [-0.05, 0) is 18.6 Å². The van der Waals surface area contributed by atoms with Crippen LogP contribution in [0.3, 0.4) is 0 Å². The highest BCUT2D eigenvalue weighted by atomic mass is 16.6. The van der Waals surface area contributed by atoms with E-state index in [1.165, 1.54) is 0 Å². The molecule has 0 aliphatic carbocycles. The normalized spacial score (nSPS) is 11.3. The fraction of sp³-hybridized carbons (Fsp3) is 0.786. The predicted octanol–water partition coefficient (Wildman–Crippen LogP) is 3.01. The molecule has 0 unspecified atom stereocenters. The standard InChI is InChI=1S/C28H50O10/c1-2-3-9-29-10-11-30-12-13-31-14-15-32-16-17-33-18-19-34-20-21-35-22-23-36-24-25-37-26-27-38-28-7-5-4-6-8-28/h4-8H,2-3,9-27H2,1H3. The minimum absolute atomic E-state index is 0.522. The lowest BCUT2D eigenvalue weighted by atomic mass is 10.3. The second kappa shape index (κ2) is 30.2. The lowest BCUT2D eigenvalue weighted by Crippen LogP contribution is -2.15. The maximum absolute atomic E-state index is 5.55. The van der Waals surface area contributed by atoms with E-state index in [1.807, 2.05) is 30.3 Å². The summed E-state index contributed by atoms with van der Waals surface area (Å²) >= 11 is 0. The van der Waals surface area contributed by atoms with Crippen molar-refractivity contribution in [1.82, 2.24) is 0 Å². The molecule has 0 aliphatic heterocycles. The average Bonchev–Trinajstić information content (AvgIpc) is 2.94. The fourth-order valence-corrected chi connectivity index (χ4v) is 2.84. The molecule has 38 heavy (non-hydrogen) atoms. The number of benzene rings is 1. The summed E-state index contributed by atoms with van der Waals surface area (Å²) in [4.78, 5) is 0. The Morgan fingerprint density at radius 2 is 0.658 bits per heavy atom. The van der Waals surface area contributed by atoms with Gasteiger partial charge in [0.1, 0.15) is 12.4 Å². The predicted molar refractivity (Wildman–Crippen MR) is 144 cm³/mol. The van der Waals surface area contributed by atoms with E-state index in [1.54, 1.807) is 0 Å². The van der Waals surface area contributed by atoms with E-state index in [0.717, 1.165) is 25.2 Å². The Balaban J connectivity index is 1.62. The van der Waals surface area contributed by atoms with E-state index in [2.05, 4.69) is 6.92 Å². The number of ether oxygens (including phenoxy) is 10. The van der Waals surface area contributed by atoms with Gasteiger partial charge < -0.3 is 47.4 Å². The maximum atomic E-state index is 5.55. The average molecular weight is 547 g/mol. The van der Waals surface area contributed by atoms with Crippen molar-refractivity contribution in [1.29, 1.82) is 0 Å². The van der Waals surface area contributed by atoms with Gasteiger partial charge >= 0.3 is 0 Å². The second-order valence-electron chi connectivity index (χ2n) is 8.03. The SMILES string of the molecule is CCCCOCCOCCOCCOCCOCCOCCOCCOCCOCCOc1ccccc1. The number of para-hydroxylation sites is 1. The summed E-state index contributed by atoms with van der Waals surface area (Å²) in [5.41, 5.74) is 0. The molecule has 222 valence electrons. The van der Waals surface area contributed by atoms with Crippen molar-refractivity contribution in [3.63, 3.8) is 0 Å². The number of rotatable bonds is 31. The molecule has 0 radical (unpaired) electrons. The third-order valence-electron chi connectivity index (χ3n) is 4.86. The van der Waals surface area contributed by atoms with Crippen molar-refractivity contribution in [3.05, 3.63) is 30.3 Å². The van der Waals surface area contributed by atoms with Crippen LogP contribution in [0.1, 0.15) is 19.8 Å². The van der Waals surface area contributed by atoms with Gasteiger partial charge in [0.05, 0.1) is 112 Å². The van der Waals surface area contributed by atoms with E-state index < -0.39 is 0 Å². The van der Waals surface area contributed by atoms with Crippen molar-refractivity contribution in [2.24, 2.45) is 0 Å². The van der Waals surface area contributed by atoms with Crippen molar-refractivity contribution >= 4 is 0 Å². The quantitative estimate of drug-likeness (QED) is 0.129. The summed E-state index contributed by atoms with van der Waals surface area (Å²) in [6.45, 7) is 12.8. The molecular formula is C28H50O10. The first-order chi connectivity index (χ1) is 18.9. The van der Waals surface area contributed by atoms with Crippen LogP contribution in [0, 0.1) is 0 Å². The molecular weight excluding hydrogens is 496 g/mol. The zero-order chi connectivity index (χ0) is 27.0. The first-order valence-electron chi connectivity index (χ1n) is 13.8. The molecule has 0 amide bonds. The molecule has 1 aromatic carbocycles. The van der Waals surface area contributed by atoms with Crippen molar-refractivity contribution in [3.8, 4) is 5.75 Å². The van der Waals surface area contributed by atoms with Gasteiger partial charge in [-0.1, -0.05) is 31.5 Å². The monoisotopic (exact) mass is 546 g/mol. The molecule has 0 atom stereocenters. The summed E-state index contributed by atoms with van der Waals surface area (Å²) < 4.78 is 54.6. The van der Waals surface area contributed by atoms with E-state index >= 15 is 0 Å². The summed E-state index contributed by atoms with van der Waals surface area (Å²) in [5, 5.41) is 0. The van der Waals surface area contributed by atoms with Gasteiger partial charge in [0.15, 0.2) is 0 Å². The van der Waals surface area contributed by atoms with Gasteiger partial charge in [0.25, 0.3) is 0 Å². The third-order valence-corrected chi connectivity index (χ3v) is 4.86.